The van der Waals surface area contributed by atoms with Crippen molar-refractivity contribution in [3.05, 3.63) is 71.3 Å². The molecule has 0 heterocycles. The monoisotopic (exact) mass is 1020 g/mol. The number of benzene rings is 3. The quantitative estimate of drug-likeness (QED) is 0.0294. The zero-order chi connectivity index (χ0) is 53.9. The van der Waals surface area contributed by atoms with E-state index >= 15 is 0 Å². The molecular weight excluding hydrogens is 933 g/mol. The van der Waals surface area contributed by atoms with E-state index in [1.54, 1.807) is 36.4 Å². The van der Waals surface area contributed by atoms with Gasteiger partial charge in [-0.2, -0.15) is 0 Å². The van der Waals surface area contributed by atoms with Gasteiger partial charge in [-0.15, -0.1) is 0 Å². The number of rotatable bonds is 35. The molecule has 0 unspecified atom stereocenters. The van der Waals surface area contributed by atoms with Gasteiger partial charge in [0.2, 0.25) is 17.7 Å². The molecule has 404 valence electrons. The Morgan fingerprint density at radius 1 is 0.452 bits per heavy atom. The first-order chi connectivity index (χ1) is 34.9. The van der Waals surface area contributed by atoms with E-state index in [-0.39, 0.29) is 82.5 Å². The van der Waals surface area contributed by atoms with Crippen LogP contribution in [0, 0.1) is 17.8 Å². The minimum absolute atomic E-state index is 0.0394. The van der Waals surface area contributed by atoms with Gasteiger partial charge in [-0.05, 0) is 169 Å². The van der Waals surface area contributed by atoms with Crippen LogP contribution in [0.15, 0.2) is 54.6 Å². The molecule has 0 saturated heterocycles. The van der Waals surface area contributed by atoms with Crippen molar-refractivity contribution in [2.45, 2.75) is 137 Å². The van der Waals surface area contributed by atoms with Crippen molar-refractivity contribution in [3.8, 4) is 17.2 Å². The fourth-order valence-electron chi connectivity index (χ4n) is 7.75. The molecular formula is C54H84N10O9. The van der Waals surface area contributed by atoms with Crippen LogP contribution < -0.4 is 69.5 Å². The fraction of sp³-hybridized carbons (Fsp3) is 0.556. The largest absolute Gasteiger partial charge is 0.493 e. The number of primary amides is 1. The first kappa shape index (κ1) is 61.0. The Bertz CT molecular complexity index is 2240. The van der Waals surface area contributed by atoms with Crippen molar-refractivity contribution in [2.24, 2.45) is 46.4 Å². The summed E-state index contributed by atoms with van der Waals surface area (Å²) in [6, 6.07) is 11.1. The van der Waals surface area contributed by atoms with Gasteiger partial charge >= 0.3 is 0 Å². The van der Waals surface area contributed by atoms with Crippen LogP contribution in [-0.2, 0) is 14.4 Å². The van der Waals surface area contributed by atoms with Crippen molar-refractivity contribution in [3.63, 3.8) is 0 Å². The fourth-order valence-corrected chi connectivity index (χ4v) is 7.75. The third kappa shape index (κ3) is 22.2. The van der Waals surface area contributed by atoms with Crippen LogP contribution in [0.1, 0.15) is 150 Å². The molecule has 0 aliphatic heterocycles. The molecule has 0 aliphatic carbocycles. The van der Waals surface area contributed by atoms with Gasteiger partial charge in [0.25, 0.3) is 17.7 Å². The Morgan fingerprint density at radius 3 is 1.11 bits per heavy atom. The van der Waals surface area contributed by atoms with Gasteiger partial charge < -0.3 is 69.5 Å². The summed E-state index contributed by atoms with van der Waals surface area (Å²) in [5, 5.41) is 14.3. The number of ether oxygens (including phenoxy) is 3. The summed E-state index contributed by atoms with van der Waals surface area (Å²) in [6.45, 7) is 14.2. The highest BCUT2D eigenvalue weighted by molar-refractivity contribution is 6.06. The smallest absolute Gasteiger partial charge is 0.255 e. The summed E-state index contributed by atoms with van der Waals surface area (Å²) < 4.78 is 18.0. The van der Waals surface area contributed by atoms with Gasteiger partial charge in [-0.25, -0.2) is 0 Å². The predicted molar refractivity (Wildman–Crippen MR) is 288 cm³/mol. The third-order valence-electron chi connectivity index (χ3n) is 11.5. The van der Waals surface area contributed by atoms with Crippen molar-refractivity contribution >= 4 is 52.5 Å². The molecule has 3 aromatic rings. The zero-order valence-corrected chi connectivity index (χ0v) is 43.9. The molecule has 73 heavy (non-hydrogen) atoms. The van der Waals surface area contributed by atoms with E-state index in [9.17, 15) is 28.8 Å². The summed E-state index contributed by atoms with van der Waals surface area (Å²) in [5.74, 6) is -2.64. The average molecular weight is 1020 g/mol. The molecule has 0 radical (unpaired) electrons. The maximum absolute atomic E-state index is 14.4. The van der Waals surface area contributed by atoms with E-state index in [1.165, 1.54) is 18.2 Å². The molecule has 0 bridgehead atoms. The van der Waals surface area contributed by atoms with Crippen LogP contribution in [0.5, 0.6) is 17.2 Å². The van der Waals surface area contributed by atoms with Crippen LogP contribution in [-0.4, -0.2) is 93.0 Å². The van der Waals surface area contributed by atoms with E-state index in [2.05, 4.69) is 26.6 Å². The van der Waals surface area contributed by atoms with Gasteiger partial charge in [-0.1, -0.05) is 41.5 Å². The molecule has 15 N–H and O–H groups in total. The highest BCUT2D eigenvalue weighted by Gasteiger charge is 2.28. The molecule has 0 saturated carbocycles. The number of nitrogens with one attached hydrogen (secondary N) is 5. The SMILES string of the molecule is CC(C)C[C@H](NC(=O)c1cc(NC(=O)[C@@H](CC(C)C)NC(=O)c2cc(NC(=O)[C@@H](N)CC(C)C)ccc2OCCCCCN)ccc1OCCCCCN)C(=O)Nc1ccc(OCCCCCN)c(C(N)=O)c1. The molecule has 0 aromatic heterocycles. The standard InChI is InChI=1S/C54H84N10O9/c1-34(2)28-43(58)52(68)60-38-17-20-47(72-26-14-8-11-23-56)41(32-38)50(66)64-45(30-36(5)6)54(70)62-39-18-21-48(73-27-15-9-12-24-57)42(33-39)51(67)63-44(29-35(3)4)53(69)61-37-16-19-46(40(31-37)49(59)65)71-25-13-7-10-22-55/h16-21,31-36,43-45H,7-15,22-30,55-58H2,1-6H3,(H2,59,65)(H,60,68)(H,61,69)(H,62,70)(H,63,67)(H,64,66)/t43-,44-,45+/m0/s1. The first-order valence-electron chi connectivity index (χ1n) is 25.9. The second kappa shape index (κ2) is 32.7. The van der Waals surface area contributed by atoms with Gasteiger partial charge in [0.05, 0.1) is 42.6 Å². The Kier molecular flexibility index (Phi) is 27.4. The van der Waals surface area contributed by atoms with E-state index < -0.39 is 53.6 Å². The van der Waals surface area contributed by atoms with Crippen LogP contribution in [0.3, 0.4) is 0 Å². The summed E-state index contributed by atoms with van der Waals surface area (Å²) in [7, 11) is 0. The number of unbranched alkanes of at least 4 members (excludes halogenated alkanes) is 6. The molecule has 3 rings (SSSR count). The number of nitrogens with two attached hydrogens (primary N) is 5. The van der Waals surface area contributed by atoms with E-state index in [1.807, 2.05) is 41.5 Å². The second-order valence-electron chi connectivity index (χ2n) is 19.6. The minimum Gasteiger partial charge on any atom is -0.493 e. The van der Waals surface area contributed by atoms with Gasteiger partial charge in [0, 0.05) is 17.1 Å². The Hall–Kier alpha value is -6.28. The number of anilines is 3. The van der Waals surface area contributed by atoms with Crippen molar-refractivity contribution < 1.29 is 43.0 Å². The highest BCUT2D eigenvalue weighted by atomic mass is 16.5. The summed E-state index contributed by atoms with van der Waals surface area (Å²) in [6.07, 6.45) is 8.02. The lowest BCUT2D eigenvalue weighted by Gasteiger charge is -2.23. The normalized spacial score (nSPS) is 12.5. The van der Waals surface area contributed by atoms with Crippen LogP contribution in [0.4, 0.5) is 17.1 Å². The number of carbonyl (C=O) groups excluding carboxylic acids is 6. The maximum Gasteiger partial charge on any atom is 0.255 e. The molecule has 0 aliphatic rings. The van der Waals surface area contributed by atoms with Crippen molar-refractivity contribution in [1.29, 1.82) is 0 Å². The highest BCUT2D eigenvalue weighted by Crippen LogP contribution is 2.28. The molecule has 6 amide bonds. The molecule has 3 aromatic carbocycles. The first-order valence-corrected chi connectivity index (χ1v) is 25.9. The number of hydrogen-bond acceptors (Lipinski definition) is 13. The minimum atomic E-state index is -1.06. The van der Waals surface area contributed by atoms with Gasteiger partial charge in [-0.3, -0.25) is 28.8 Å². The van der Waals surface area contributed by atoms with Crippen LogP contribution in [0.2, 0.25) is 0 Å². The van der Waals surface area contributed by atoms with Crippen molar-refractivity contribution in [1.82, 2.24) is 10.6 Å². The van der Waals surface area contributed by atoms with Crippen LogP contribution in [0.25, 0.3) is 0 Å². The molecule has 0 fully saturated rings. The predicted octanol–water partition coefficient (Wildman–Crippen LogP) is 6.19. The van der Waals surface area contributed by atoms with Gasteiger partial charge in [0.15, 0.2) is 0 Å². The Morgan fingerprint density at radius 2 is 0.781 bits per heavy atom. The lowest BCUT2D eigenvalue weighted by molar-refractivity contribution is -0.119. The molecule has 0 spiro atoms. The molecule has 3 atom stereocenters. The third-order valence-corrected chi connectivity index (χ3v) is 11.5. The average Bonchev–Trinajstić information content (AvgIpc) is 3.33. The van der Waals surface area contributed by atoms with E-state index in [4.69, 9.17) is 42.9 Å². The Balaban J connectivity index is 1.93. The number of carbonyl (C=O) groups is 6. The van der Waals surface area contributed by atoms with Gasteiger partial charge in [0.1, 0.15) is 29.3 Å². The lowest BCUT2D eigenvalue weighted by atomic mass is 10.0. The van der Waals surface area contributed by atoms with E-state index in [0.29, 0.717) is 57.8 Å². The summed E-state index contributed by atoms with van der Waals surface area (Å²) >= 11 is 0. The topological polar surface area (TPSA) is 320 Å². The van der Waals surface area contributed by atoms with Crippen LogP contribution >= 0.6 is 0 Å². The second-order valence-corrected chi connectivity index (χ2v) is 19.6. The Labute approximate surface area is 431 Å². The number of amides is 6. The van der Waals surface area contributed by atoms with Crippen molar-refractivity contribution in [2.75, 3.05) is 55.4 Å². The lowest BCUT2D eigenvalue weighted by Crippen LogP contribution is -2.45. The summed E-state index contributed by atoms with van der Waals surface area (Å²) in [4.78, 5) is 82.3. The maximum atomic E-state index is 14.4. The van der Waals surface area contributed by atoms with E-state index in [0.717, 1.165) is 44.9 Å². The number of hydrogen-bond donors (Lipinski definition) is 10. The zero-order valence-electron chi connectivity index (χ0n) is 43.9. The molecule has 19 nitrogen and oxygen atoms in total. The summed E-state index contributed by atoms with van der Waals surface area (Å²) in [5.41, 5.74) is 29.9. The molecule has 19 heteroatoms.